The van der Waals surface area contributed by atoms with Crippen molar-refractivity contribution in [2.45, 2.75) is 12.6 Å². The molecule has 3 rings (SSSR count). The number of esters is 1. The van der Waals surface area contributed by atoms with Crippen LogP contribution in [-0.4, -0.2) is 28.0 Å². The van der Waals surface area contributed by atoms with Crippen LogP contribution in [0.1, 0.15) is 22.0 Å². The molecule has 0 radical (unpaired) electrons. The van der Waals surface area contributed by atoms with Gasteiger partial charge in [-0.15, -0.1) is 0 Å². The van der Waals surface area contributed by atoms with Crippen LogP contribution in [0.4, 0.5) is 4.39 Å². The molecule has 0 spiro atoms. The summed E-state index contributed by atoms with van der Waals surface area (Å²) in [5.41, 5.74) is 1.70. The maximum atomic E-state index is 13.5. The highest BCUT2D eigenvalue weighted by Crippen LogP contribution is 2.26. The summed E-state index contributed by atoms with van der Waals surface area (Å²) in [5.74, 6) is -0.790. The number of aliphatic hydroxyl groups excluding tert-OH is 1. The zero-order valence-corrected chi connectivity index (χ0v) is 14.3. The zero-order chi connectivity index (χ0) is 17.3. The molecule has 1 heterocycles. The lowest BCUT2D eigenvalue weighted by Crippen LogP contribution is -2.09. The van der Waals surface area contributed by atoms with Crippen LogP contribution < -0.4 is 0 Å². The van der Waals surface area contributed by atoms with E-state index in [0.29, 0.717) is 26.5 Å². The molecule has 1 atom stereocenters. The third-order valence-corrected chi connectivity index (χ3v) is 4.51. The molecule has 0 unspecified atom stereocenters. The van der Waals surface area contributed by atoms with Crippen LogP contribution in [0.5, 0.6) is 0 Å². The molecule has 0 aliphatic heterocycles. The first kappa shape index (κ1) is 16.6. The summed E-state index contributed by atoms with van der Waals surface area (Å²) in [6, 6.07) is 9.44. The largest absolute Gasteiger partial charge is 0.465 e. The molecule has 0 aliphatic carbocycles. The number of halogens is 2. The van der Waals surface area contributed by atoms with Gasteiger partial charge in [0, 0.05) is 11.6 Å². The fourth-order valence-electron chi connectivity index (χ4n) is 2.42. The number of fused-ring (bicyclic) bond motifs is 1. The molecule has 124 valence electrons. The highest BCUT2D eigenvalue weighted by molar-refractivity contribution is 9.10. The van der Waals surface area contributed by atoms with Crippen LogP contribution in [0.15, 0.2) is 47.1 Å². The molecule has 0 saturated carbocycles. The Bertz CT molecular complexity index is 893. The molecule has 3 aromatic rings. The van der Waals surface area contributed by atoms with Gasteiger partial charge in [-0.3, -0.25) is 4.68 Å². The summed E-state index contributed by atoms with van der Waals surface area (Å²) >= 11 is 3.20. The van der Waals surface area contributed by atoms with Crippen molar-refractivity contribution in [1.82, 2.24) is 9.78 Å². The monoisotopic (exact) mass is 392 g/mol. The third-order valence-electron chi connectivity index (χ3n) is 3.70. The van der Waals surface area contributed by atoms with E-state index in [0.717, 1.165) is 0 Å². The SMILES string of the molecule is COC(=O)c1ccc([C@H](O)Cn2cc3c(Br)c(F)ccc3n2)cc1. The topological polar surface area (TPSA) is 64.3 Å². The Balaban J connectivity index is 1.80. The minimum Gasteiger partial charge on any atom is -0.465 e. The predicted octanol–water partition coefficient (Wildman–Crippen LogP) is 3.46. The Morgan fingerprint density at radius 2 is 2.04 bits per heavy atom. The van der Waals surface area contributed by atoms with Gasteiger partial charge in [-0.2, -0.15) is 5.10 Å². The van der Waals surface area contributed by atoms with Crippen LogP contribution in [-0.2, 0) is 11.3 Å². The Morgan fingerprint density at radius 3 is 2.71 bits per heavy atom. The van der Waals surface area contributed by atoms with Gasteiger partial charge in [0.15, 0.2) is 0 Å². The summed E-state index contributed by atoms with van der Waals surface area (Å²) in [4.78, 5) is 11.4. The van der Waals surface area contributed by atoms with Crippen molar-refractivity contribution in [2.24, 2.45) is 0 Å². The van der Waals surface area contributed by atoms with E-state index in [-0.39, 0.29) is 12.4 Å². The first-order chi connectivity index (χ1) is 11.5. The second kappa shape index (κ2) is 6.70. The number of nitrogens with zero attached hydrogens (tertiary/aromatic N) is 2. The number of benzene rings is 2. The van der Waals surface area contributed by atoms with E-state index in [4.69, 9.17) is 0 Å². The van der Waals surface area contributed by atoms with E-state index in [1.165, 1.54) is 13.2 Å². The van der Waals surface area contributed by atoms with Gasteiger partial charge in [-0.25, -0.2) is 9.18 Å². The van der Waals surface area contributed by atoms with E-state index < -0.39 is 12.1 Å². The molecule has 0 saturated heterocycles. The zero-order valence-electron chi connectivity index (χ0n) is 12.7. The summed E-state index contributed by atoms with van der Waals surface area (Å²) in [7, 11) is 1.31. The Labute approximate surface area is 145 Å². The molecular weight excluding hydrogens is 379 g/mol. The average Bonchev–Trinajstić information content (AvgIpc) is 3.01. The summed E-state index contributed by atoms with van der Waals surface area (Å²) in [6.07, 6.45) is 0.865. The Morgan fingerprint density at radius 1 is 1.33 bits per heavy atom. The van der Waals surface area contributed by atoms with Crippen LogP contribution >= 0.6 is 15.9 Å². The Hall–Kier alpha value is -2.25. The first-order valence-electron chi connectivity index (χ1n) is 7.17. The van der Waals surface area contributed by atoms with Gasteiger partial charge in [0.2, 0.25) is 0 Å². The molecule has 0 fully saturated rings. The van der Waals surface area contributed by atoms with E-state index in [2.05, 4.69) is 25.8 Å². The van der Waals surface area contributed by atoms with Gasteiger partial charge < -0.3 is 9.84 Å². The van der Waals surface area contributed by atoms with Crippen molar-refractivity contribution >= 4 is 32.8 Å². The van der Waals surface area contributed by atoms with Crippen molar-refractivity contribution in [1.29, 1.82) is 0 Å². The van der Waals surface area contributed by atoms with E-state index in [9.17, 15) is 14.3 Å². The van der Waals surface area contributed by atoms with Gasteiger partial charge in [0.05, 0.1) is 35.3 Å². The smallest absolute Gasteiger partial charge is 0.337 e. The van der Waals surface area contributed by atoms with Crippen molar-refractivity contribution in [2.75, 3.05) is 7.11 Å². The fourth-order valence-corrected chi connectivity index (χ4v) is 2.86. The molecular formula is C17H14BrFN2O3. The normalized spacial score (nSPS) is 12.3. The molecule has 0 aliphatic rings. The summed E-state index contributed by atoms with van der Waals surface area (Å²) in [5, 5.41) is 15.3. The number of hydrogen-bond acceptors (Lipinski definition) is 4. The molecule has 7 heteroatoms. The first-order valence-corrected chi connectivity index (χ1v) is 7.96. The second-order valence-electron chi connectivity index (χ2n) is 5.27. The lowest BCUT2D eigenvalue weighted by atomic mass is 10.1. The molecule has 24 heavy (non-hydrogen) atoms. The maximum Gasteiger partial charge on any atom is 0.337 e. The summed E-state index contributed by atoms with van der Waals surface area (Å²) in [6.45, 7) is 0.209. The number of rotatable bonds is 4. The van der Waals surface area contributed by atoms with Crippen molar-refractivity contribution < 1.29 is 19.0 Å². The van der Waals surface area contributed by atoms with Gasteiger partial charge in [0.1, 0.15) is 5.82 Å². The lowest BCUT2D eigenvalue weighted by Gasteiger charge is -2.11. The van der Waals surface area contributed by atoms with E-state index in [1.54, 1.807) is 41.2 Å². The van der Waals surface area contributed by atoms with Gasteiger partial charge >= 0.3 is 5.97 Å². The van der Waals surface area contributed by atoms with Crippen LogP contribution in [0.25, 0.3) is 10.9 Å². The van der Waals surface area contributed by atoms with Crippen LogP contribution in [0, 0.1) is 5.82 Å². The highest BCUT2D eigenvalue weighted by atomic mass is 79.9. The van der Waals surface area contributed by atoms with E-state index in [1.807, 2.05) is 0 Å². The fraction of sp³-hybridized carbons (Fsp3) is 0.176. The van der Waals surface area contributed by atoms with Crippen molar-refractivity contribution in [3.63, 3.8) is 0 Å². The second-order valence-corrected chi connectivity index (χ2v) is 6.07. The average molecular weight is 393 g/mol. The standard InChI is InChI=1S/C17H14BrFN2O3/c1-24-17(23)11-4-2-10(3-5-11)15(22)9-21-8-12-14(20-21)7-6-13(19)16(12)18/h2-8,15,22H,9H2,1H3/t15-/m1/s1. The van der Waals surface area contributed by atoms with Gasteiger partial charge in [-0.1, -0.05) is 12.1 Å². The molecule has 1 N–H and O–H groups in total. The quantitative estimate of drug-likeness (QED) is 0.690. The van der Waals surface area contributed by atoms with Crippen LogP contribution in [0.2, 0.25) is 0 Å². The molecule has 0 amide bonds. The predicted molar refractivity (Wildman–Crippen MR) is 90.1 cm³/mol. The maximum absolute atomic E-state index is 13.5. The number of aromatic nitrogens is 2. The number of carbonyl (C=O) groups is 1. The molecule has 0 bridgehead atoms. The number of carbonyl (C=O) groups excluding carboxylic acids is 1. The van der Waals surface area contributed by atoms with Gasteiger partial charge in [-0.05, 0) is 45.8 Å². The molecule has 1 aromatic heterocycles. The number of methoxy groups -OCH3 is 1. The minimum absolute atomic E-state index is 0.209. The number of aliphatic hydroxyl groups is 1. The third kappa shape index (κ3) is 3.18. The van der Waals surface area contributed by atoms with Crippen LogP contribution in [0.3, 0.4) is 0 Å². The Kier molecular flexibility index (Phi) is 4.64. The molecule has 5 nitrogen and oxygen atoms in total. The summed E-state index contributed by atoms with van der Waals surface area (Å²) < 4.78 is 20.1. The highest BCUT2D eigenvalue weighted by Gasteiger charge is 2.13. The van der Waals surface area contributed by atoms with Crippen molar-refractivity contribution in [3.8, 4) is 0 Å². The lowest BCUT2D eigenvalue weighted by molar-refractivity contribution is 0.0600. The van der Waals surface area contributed by atoms with E-state index >= 15 is 0 Å². The molecule has 2 aromatic carbocycles. The minimum atomic E-state index is -0.811. The number of ether oxygens (including phenoxy) is 1. The van der Waals surface area contributed by atoms with Gasteiger partial charge in [0.25, 0.3) is 0 Å². The number of hydrogen-bond donors (Lipinski definition) is 1. The van der Waals surface area contributed by atoms with Crippen molar-refractivity contribution in [3.05, 3.63) is 64.0 Å².